The lowest BCUT2D eigenvalue weighted by molar-refractivity contribution is -0.123. The van der Waals surface area contributed by atoms with E-state index in [-0.39, 0.29) is 23.1 Å². The Morgan fingerprint density at radius 2 is 2.20 bits per heavy atom. The summed E-state index contributed by atoms with van der Waals surface area (Å²) in [6.45, 7) is 2.83. The minimum absolute atomic E-state index is 0.133. The van der Waals surface area contributed by atoms with Crippen LogP contribution in [0.15, 0.2) is 6.07 Å². The van der Waals surface area contributed by atoms with Crippen LogP contribution in [0.2, 0.25) is 0 Å². The van der Waals surface area contributed by atoms with Crippen LogP contribution in [0.25, 0.3) is 0 Å². The summed E-state index contributed by atoms with van der Waals surface area (Å²) in [7, 11) is 1.60. The van der Waals surface area contributed by atoms with Crippen LogP contribution >= 0.6 is 11.3 Å². The van der Waals surface area contributed by atoms with Crippen molar-refractivity contribution in [1.29, 1.82) is 0 Å². The average molecular weight is 301 g/mol. The number of nitrogens with one attached hydrogen (secondary N) is 1. The van der Waals surface area contributed by atoms with Crippen LogP contribution in [0, 0.1) is 0 Å². The number of carboxylic acid groups (broad SMARTS) is 1. The molecule has 0 aromatic carbocycles. The number of carbonyl (C=O) groups is 2. The molecule has 1 rings (SSSR count). The van der Waals surface area contributed by atoms with Crippen LogP contribution in [0.1, 0.15) is 27.9 Å². The van der Waals surface area contributed by atoms with E-state index < -0.39 is 5.97 Å². The van der Waals surface area contributed by atoms with E-state index in [1.54, 1.807) is 13.2 Å². The van der Waals surface area contributed by atoms with Crippen molar-refractivity contribution in [3.8, 4) is 5.75 Å². The molecular formula is C13H19NO5S. The fraction of sp³-hybridized carbons (Fsp3) is 0.538. The van der Waals surface area contributed by atoms with Crippen molar-refractivity contribution < 1.29 is 24.2 Å². The van der Waals surface area contributed by atoms with E-state index in [0.29, 0.717) is 13.2 Å². The molecule has 0 spiro atoms. The predicted molar refractivity (Wildman–Crippen MR) is 75.7 cm³/mol. The lowest BCUT2D eigenvalue weighted by Gasteiger charge is -2.06. The number of thiophene rings is 1. The summed E-state index contributed by atoms with van der Waals surface area (Å²) >= 11 is 1.17. The van der Waals surface area contributed by atoms with E-state index in [9.17, 15) is 9.59 Å². The minimum Gasteiger partial charge on any atom is -0.482 e. The van der Waals surface area contributed by atoms with Gasteiger partial charge in [0.05, 0.1) is 0 Å². The number of rotatable bonds is 9. The molecule has 0 bridgehead atoms. The second kappa shape index (κ2) is 8.55. The van der Waals surface area contributed by atoms with Gasteiger partial charge in [-0.3, -0.25) is 4.79 Å². The van der Waals surface area contributed by atoms with Gasteiger partial charge in [0.15, 0.2) is 11.5 Å². The van der Waals surface area contributed by atoms with Gasteiger partial charge < -0.3 is 19.9 Å². The molecule has 7 heteroatoms. The molecule has 2 N–H and O–H groups in total. The molecule has 0 aliphatic carbocycles. The quantitative estimate of drug-likeness (QED) is 0.676. The number of aromatic carboxylic acids is 1. The highest BCUT2D eigenvalue weighted by Crippen LogP contribution is 2.29. The fourth-order valence-corrected chi connectivity index (χ4v) is 2.37. The van der Waals surface area contributed by atoms with Crippen LogP contribution in [0.3, 0.4) is 0 Å². The Labute approximate surface area is 121 Å². The van der Waals surface area contributed by atoms with Crippen molar-refractivity contribution in [3.05, 3.63) is 15.8 Å². The molecule has 1 heterocycles. The topological polar surface area (TPSA) is 84.9 Å². The van der Waals surface area contributed by atoms with E-state index in [0.717, 1.165) is 17.7 Å². The number of carbonyl (C=O) groups excluding carboxylic acids is 1. The van der Waals surface area contributed by atoms with Gasteiger partial charge in [-0.25, -0.2) is 4.79 Å². The second-order valence-corrected chi connectivity index (χ2v) is 5.19. The van der Waals surface area contributed by atoms with Crippen molar-refractivity contribution in [2.45, 2.75) is 19.8 Å². The van der Waals surface area contributed by atoms with Crippen LogP contribution in [0.5, 0.6) is 5.75 Å². The number of methoxy groups -OCH3 is 1. The first-order chi connectivity index (χ1) is 9.58. The summed E-state index contributed by atoms with van der Waals surface area (Å²) in [6.07, 6.45) is 1.46. The van der Waals surface area contributed by atoms with Gasteiger partial charge in [0.1, 0.15) is 5.75 Å². The van der Waals surface area contributed by atoms with Gasteiger partial charge in [-0.1, -0.05) is 6.92 Å². The van der Waals surface area contributed by atoms with E-state index >= 15 is 0 Å². The predicted octanol–water partition coefficient (Wildman–Crippen LogP) is 1.54. The van der Waals surface area contributed by atoms with Crippen molar-refractivity contribution in [2.75, 3.05) is 26.9 Å². The SMILES string of the molecule is CCc1cc(OCC(=O)NCCCOC)c(C(=O)O)s1. The molecule has 1 aromatic heterocycles. The third-order valence-electron chi connectivity index (χ3n) is 2.50. The molecule has 1 amide bonds. The van der Waals surface area contributed by atoms with E-state index in [1.165, 1.54) is 11.3 Å². The maximum atomic E-state index is 11.5. The van der Waals surface area contributed by atoms with Crippen molar-refractivity contribution in [1.82, 2.24) is 5.32 Å². The lowest BCUT2D eigenvalue weighted by Crippen LogP contribution is -2.30. The Bertz CT molecular complexity index is 458. The van der Waals surface area contributed by atoms with Crippen molar-refractivity contribution in [3.63, 3.8) is 0 Å². The number of ether oxygens (including phenoxy) is 2. The number of amides is 1. The van der Waals surface area contributed by atoms with Gasteiger partial charge in [0.2, 0.25) is 0 Å². The highest BCUT2D eigenvalue weighted by molar-refractivity contribution is 7.14. The summed E-state index contributed by atoms with van der Waals surface area (Å²) in [5, 5.41) is 11.7. The Balaban J connectivity index is 2.46. The monoisotopic (exact) mass is 301 g/mol. The zero-order valence-electron chi connectivity index (χ0n) is 11.6. The first-order valence-corrected chi connectivity index (χ1v) is 7.14. The largest absolute Gasteiger partial charge is 0.482 e. The Morgan fingerprint density at radius 1 is 1.45 bits per heavy atom. The van der Waals surface area contributed by atoms with Gasteiger partial charge in [0, 0.05) is 25.1 Å². The minimum atomic E-state index is -1.04. The molecule has 0 saturated carbocycles. The van der Waals surface area contributed by atoms with Gasteiger partial charge in [-0.15, -0.1) is 11.3 Å². The summed E-state index contributed by atoms with van der Waals surface area (Å²) in [4.78, 5) is 23.6. The van der Waals surface area contributed by atoms with Crippen LogP contribution in [0.4, 0.5) is 0 Å². The smallest absolute Gasteiger partial charge is 0.349 e. The zero-order valence-corrected chi connectivity index (χ0v) is 12.4. The fourth-order valence-electron chi connectivity index (χ4n) is 1.49. The van der Waals surface area contributed by atoms with E-state index in [2.05, 4.69) is 5.32 Å². The summed E-state index contributed by atoms with van der Waals surface area (Å²) in [5.74, 6) is -1.06. The standard InChI is InChI=1S/C13H19NO5S/c1-3-9-7-10(12(20-9)13(16)17)19-8-11(15)14-5-4-6-18-2/h7H,3-6,8H2,1-2H3,(H,14,15)(H,16,17). The molecular weight excluding hydrogens is 282 g/mol. The van der Waals surface area contributed by atoms with Crippen molar-refractivity contribution >= 4 is 23.2 Å². The molecule has 112 valence electrons. The third kappa shape index (κ3) is 5.18. The number of hydrogen-bond acceptors (Lipinski definition) is 5. The van der Waals surface area contributed by atoms with E-state index in [4.69, 9.17) is 14.6 Å². The van der Waals surface area contributed by atoms with Crippen LogP contribution in [-0.4, -0.2) is 43.9 Å². The van der Waals surface area contributed by atoms with Crippen LogP contribution < -0.4 is 10.1 Å². The average Bonchev–Trinajstić information content (AvgIpc) is 2.85. The van der Waals surface area contributed by atoms with Gasteiger partial charge in [-0.2, -0.15) is 0 Å². The molecule has 20 heavy (non-hydrogen) atoms. The number of carboxylic acids is 1. The number of hydrogen-bond donors (Lipinski definition) is 2. The first kappa shape index (κ1) is 16.5. The van der Waals surface area contributed by atoms with Crippen molar-refractivity contribution in [2.24, 2.45) is 0 Å². The summed E-state index contributed by atoms with van der Waals surface area (Å²) < 4.78 is 10.1. The lowest BCUT2D eigenvalue weighted by atomic mass is 10.3. The number of aryl methyl sites for hydroxylation is 1. The summed E-state index contributed by atoms with van der Waals surface area (Å²) in [5.41, 5.74) is 0. The Kier molecular flexibility index (Phi) is 7.03. The maximum absolute atomic E-state index is 11.5. The Hall–Kier alpha value is -1.60. The maximum Gasteiger partial charge on any atom is 0.349 e. The molecule has 1 aromatic rings. The highest BCUT2D eigenvalue weighted by Gasteiger charge is 2.17. The van der Waals surface area contributed by atoms with E-state index in [1.807, 2.05) is 6.92 Å². The normalized spacial score (nSPS) is 10.3. The highest BCUT2D eigenvalue weighted by atomic mass is 32.1. The first-order valence-electron chi connectivity index (χ1n) is 6.32. The van der Waals surface area contributed by atoms with Gasteiger partial charge >= 0.3 is 5.97 Å². The molecule has 0 fully saturated rings. The molecule has 0 aliphatic heterocycles. The molecule has 0 aliphatic rings. The van der Waals surface area contributed by atoms with Crippen LogP contribution in [-0.2, 0) is 16.0 Å². The molecule has 0 saturated heterocycles. The Morgan fingerprint density at radius 3 is 2.80 bits per heavy atom. The molecule has 0 unspecified atom stereocenters. The molecule has 0 atom stereocenters. The second-order valence-electron chi connectivity index (χ2n) is 4.05. The zero-order chi connectivity index (χ0) is 15.0. The molecule has 0 radical (unpaired) electrons. The molecule has 6 nitrogen and oxygen atoms in total. The summed E-state index contributed by atoms with van der Waals surface area (Å²) in [6, 6.07) is 1.67. The van der Waals surface area contributed by atoms with Gasteiger partial charge in [0.25, 0.3) is 5.91 Å². The third-order valence-corrected chi connectivity index (χ3v) is 3.75. The van der Waals surface area contributed by atoms with Gasteiger partial charge in [-0.05, 0) is 18.9 Å².